The molecule has 0 aromatic carbocycles. The third-order valence-electron chi connectivity index (χ3n) is 4.79. The van der Waals surface area contributed by atoms with Gasteiger partial charge >= 0.3 is 0 Å². The van der Waals surface area contributed by atoms with Gasteiger partial charge in [0.2, 0.25) is 0 Å². The van der Waals surface area contributed by atoms with Crippen molar-refractivity contribution in [2.75, 3.05) is 26.2 Å². The number of carbonyl (C=O) groups is 1. The van der Waals surface area contributed by atoms with Crippen molar-refractivity contribution in [3.63, 3.8) is 0 Å². The van der Waals surface area contributed by atoms with Gasteiger partial charge in [-0.25, -0.2) is 0 Å². The second kappa shape index (κ2) is 6.08. The molecule has 0 aliphatic carbocycles. The van der Waals surface area contributed by atoms with Crippen LogP contribution < -0.4 is 5.32 Å². The lowest BCUT2D eigenvalue weighted by Crippen LogP contribution is -2.28. The van der Waals surface area contributed by atoms with Crippen molar-refractivity contribution < 1.29 is 4.79 Å². The van der Waals surface area contributed by atoms with E-state index >= 15 is 0 Å². The van der Waals surface area contributed by atoms with E-state index in [9.17, 15) is 4.79 Å². The van der Waals surface area contributed by atoms with Gasteiger partial charge in [0, 0.05) is 55.8 Å². The monoisotopic (exact) mass is 312 g/mol. The molecule has 0 saturated carbocycles. The minimum atomic E-state index is 0.00449. The molecular formula is C16H20N6O. The molecule has 0 radical (unpaired) electrons. The molecule has 4 rings (SSSR count). The smallest absolute Gasteiger partial charge is 0.274 e. The van der Waals surface area contributed by atoms with Gasteiger partial charge in [-0.1, -0.05) is 0 Å². The standard InChI is InChI=1S/C16H20N6O/c23-16(14-7-13(20-21-14)11-1-3-17-8-11)22-6-2-12(10-22)15-9-18-4-5-19-15/h4-5,7,9,11-12,17H,1-3,6,8,10H2,(H,20,21). The lowest BCUT2D eigenvalue weighted by molar-refractivity contribution is 0.0785. The van der Waals surface area contributed by atoms with E-state index in [0.29, 0.717) is 18.2 Å². The molecule has 2 aliphatic rings. The number of H-pyrrole nitrogens is 1. The van der Waals surface area contributed by atoms with E-state index in [1.165, 1.54) is 0 Å². The number of likely N-dealkylation sites (tertiary alicyclic amines) is 1. The van der Waals surface area contributed by atoms with Gasteiger partial charge in [-0.15, -0.1) is 0 Å². The zero-order valence-electron chi connectivity index (χ0n) is 12.9. The quantitative estimate of drug-likeness (QED) is 0.879. The van der Waals surface area contributed by atoms with E-state index in [2.05, 4.69) is 25.5 Å². The van der Waals surface area contributed by atoms with Crippen LogP contribution in [0.1, 0.15) is 46.6 Å². The lowest BCUT2D eigenvalue weighted by Gasteiger charge is -2.14. The summed E-state index contributed by atoms with van der Waals surface area (Å²) >= 11 is 0. The van der Waals surface area contributed by atoms with E-state index in [4.69, 9.17) is 0 Å². The molecule has 2 aliphatic heterocycles. The fourth-order valence-corrected chi connectivity index (χ4v) is 3.45. The largest absolute Gasteiger partial charge is 0.337 e. The van der Waals surface area contributed by atoms with E-state index in [0.717, 1.165) is 43.9 Å². The number of carbonyl (C=O) groups excluding carboxylic acids is 1. The van der Waals surface area contributed by atoms with Crippen molar-refractivity contribution in [3.05, 3.63) is 41.7 Å². The number of amides is 1. The second-order valence-corrected chi connectivity index (χ2v) is 6.27. The van der Waals surface area contributed by atoms with Crippen molar-refractivity contribution in [2.45, 2.75) is 24.7 Å². The Bertz CT molecular complexity index is 679. The minimum Gasteiger partial charge on any atom is -0.337 e. The van der Waals surface area contributed by atoms with Crippen molar-refractivity contribution in [1.29, 1.82) is 0 Å². The molecule has 120 valence electrons. The molecule has 2 N–H and O–H groups in total. The van der Waals surface area contributed by atoms with Gasteiger partial charge in [0.15, 0.2) is 0 Å². The maximum atomic E-state index is 12.6. The van der Waals surface area contributed by atoms with Crippen LogP contribution in [-0.4, -0.2) is 57.2 Å². The Balaban J connectivity index is 1.43. The van der Waals surface area contributed by atoms with E-state index in [1.54, 1.807) is 18.6 Å². The normalized spacial score (nSPS) is 24.3. The highest BCUT2D eigenvalue weighted by Crippen LogP contribution is 2.27. The highest BCUT2D eigenvalue weighted by Gasteiger charge is 2.30. The van der Waals surface area contributed by atoms with E-state index in [1.807, 2.05) is 11.0 Å². The van der Waals surface area contributed by atoms with Crippen molar-refractivity contribution in [3.8, 4) is 0 Å². The van der Waals surface area contributed by atoms with Crippen LogP contribution in [0.4, 0.5) is 0 Å². The Labute approximate surface area is 134 Å². The van der Waals surface area contributed by atoms with Crippen LogP contribution in [0, 0.1) is 0 Å². The summed E-state index contributed by atoms with van der Waals surface area (Å²) in [6.45, 7) is 3.41. The molecule has 2 unspecified atom stereocenters. The van der Waals surface area contributed by atoms with Crippen LogP contribution in [0.3, 0.4) is 0 Å². The van der Waals surface area contributed by atoms with Gasteiger partial charge in [0.05, 0.1) is 5.69 Å². The maximum absolute atomic E-state index is 12.6. The van der Waals surface area contributed by atoms with Crippen molar-refractivity contribution in [2.24, 2.45) is 0 Å². The molecule has 2 fully saturated rings. The lowest BCUT2D eigenvalue weighted by atomic mass is 10.0. The topological polar surface area (TPSA) is 86.8 Å². The first-order valence-electron chi connectivity index (χ1n) is 8.12. The number of hydrogen-bond donors (Lipinski definition) is 2. The van der Waals surface area contributed by atoms with Gasteiger partial charge in [0.1, 0.15) is 5.69 Å². The van der Waals surface area contributed by atoms with Gasteiger partial charge < -0.3 is 10.2 Å². The second-order valence-electron chi connectivity index (χ2n) is 6.27. The average molecular weight is 312 g/mol. The summed E-state index contributed by atoms with van der Waals surface area (Å²) in [5.74, 6) is 0.713. The first kappa shape index (κ1) is 14.3. The van der Waals surface area contributed by atoms with E-state index in [-0.39, 0.29) is 11.8 Å². The number of nitrogens with one attached hydrogen (secondary N) is 2. The fraction of sp³-hybridized carbons (Fsp3) is 0.500. The molecule has 2 aromatic rings. The summed E-state index contributed by atoms with van der Waals surface area (Å²) in [6, 6.07) is 1.91. The fourth-order valence-electron chi connectivity index (χ4n) is 3.45. The third kappa shape index (κ3) is 2.84. The van der Waals surface area contributed by atoms with Crippen LogP contribution in [0.2, 0.25) is 0 Å². The zero-order valence-corrected chi connectivity index (χ0v) is 12.9. The number of aromatic amines is 1. The van der Waals surface area contributed by atoms with Crippen LogP contribution in [0.25, 0.3) is 0 Å². The molecule has 7 nitrogen and oxygen atoms in total. The number of hydrogen-bond acceptors (Lipinski definition) is 5. The molecule has 2 aromatic heterocycles. The summed E-state index contributed by atoms with van der Waals surface area (Å²) in [4.78, 5) is 23.0. The summed E-state index contributed by atoms with van der Waals surface area (Å²) in [5, 5.41) is 10.6. The van der Waals surface area contributed by atoms with Gasteiger partial charge in [0.25, 0.3) is 5.91 Å². The number of rotatable bonds is 3. The Hall–Kier alpha value is -2.28. The van der Waals surface area contributed by atoms with Gasteiger partial charge in [-0.2, -0.15) is 5.10 Å². The van der Waals surface area contributed by atoms with Crippen LogP contribution in [0.15, 0.2) is 24.7 Å². The summed E-state index contributed by atoms with van der Waals surface area (Å²) in [5.41, 5.74) is 2.54. The molecule has 2 saturated heterocycles. The predicted octanol–water partition coefficient (Wildman–Crippen LogP) is 0.906. The summed E-state index contributed by atoms with van der Waals surface area (Å²) in [7, 11) is 0. The first-order valence-corrected chi connectivity index (χ1v) is 8.12. The first-order chi connectivity index (χ1) is 11.3. The molecule has 1 amide bonds. The van der Waals surface area contributed by atoms with E-state index < -0.39 is 0 Å². The maximum Gasteiger partial charge on any atom is 0.274 e. The predicted molar refractivity (Wildman–Crippen MR) is 84.1 cm³/mol. The number of nitrogens with zero attached hydrogens (tertiary/aromatic N) is 4. The zero-order chi connectivity index (χ0) is 15.6. The van der Waals surface area contributed by atoms with Gasteiger partial charge in [-0.05, 0) is 25.5 Å². The van der Waals surface area contributed by atoms with Crippen molar-refractivity contribution in [1.82, 2.24) is 30.4 Å². The molecule has 0 spiro atoms. The highest BCUT2D eigenvalue weighted by molar-refractivity contribution is 5.92. The Morgan fingerprint density at radius 2 is 2.22 bits per heavy atom. The molecule has 2 atom stereocenters. The van der Waals surface area contributed by atoms with Crippen LogP contribution in [-0.2, 0) is 0 Å². The summed E-state index contributed by atoms with van der Waals surface area (Å²) < 4.78 is 0. The summed E-state index contributed by atoms with van der Waals surface area (Å²) in [6.07, 6.45) is 7.18. The van der Waals surface area contributed by atoms with Gasteiger partial charge in [-0.3, -0.25) is 19.9 Å². The molecule has 0 bridgehead atoms. The minimum absolute atomic E-state index is 0.00449. The molecule has 4 heterocycles. The van der Waals surface area contributed by atoms with Crippen molar-refractivity contribution >= 4 is 5.91 Å². The molecular weight excluding hydrogens is 292 g/mol. The number of aromatic nitrogens is 4. The highest BCUT2D eigenvalue weighted by atomic mass is 16.2. The SMILES string of the molecule is O=C(c1cc(C2CCNC2)[nH]n1)N1CCC(c2cnccn2)C1. The van der Waals surface area contributed by atoms with Crippen LogP contribution >= 0.6 is 0 Å². The molecule has 7 heteroatoms. The van der Waals surface area contributed by atoms with Crippen LogP contribution in [0.5, 0.6) is 0 Å². The Kier molecular flexibility index (Phi) is 3.78. The molecule has 23 heavy (non-hydrogen) atoms. The Morgan fingerprint density at radius 3 is 3.00 bits per heavy atom. The Morgan fingerprint density at radius 1 is 1.26 bits per heavy atom. The third-order valence-corrected chi connectivity index (χ3v) is 4.79. The average Bonchev–Trinajstić information content (AvgIpc) is 3.35.